The molecule has 166 valence electrons. The summed E-state index contributed by atoms with van der Waals surface area (Å²) in [5.74, 6) is -0.872. The van der Waals surface area contributed by atoms with Gasteiger partial charge in [-0.3, -0.25) is 0 Å². The largest absolute Gasteiger partial charge is 0.478 e. The zero-order valence-corrected chi connectivity index (χ0v) is 19.9. The average Bonchev–Trinajstić information content (AvgIpc) is 2.73. The number of benzene rings is 1. The predicted molar refractivity (Wildman–Crippen MR) is 130 cm³/mol. The van der Waals surface area contributed by atoms with Crippen molar-refractivity contribution < 1.29 is 9.90 Å². The van der Waals surface area contributed by atoms with Gasteiger partial charge in [0.1, 0.15) is 0 Å². The number of halogens is 1. The van der Waals surface area contributed by atoms with Crippen LogP contribution in [-0.4, -0.2) is 23.0 Å². The molecule has 3 nitrogen and oxygen atoms in total. The fraction of sp³-hybridized carbons (Fsp3) is 0.720. The summed E-state index contributed by atoms with van der Waals surface area (Å²) < 4.78 is 0. The van der Waals surface area contributed by atoms with Crippen molar-refractivity contribution in [1.29, 1.82) is 0 Å². The molecule has 2 N–H and O–H groups in total. The molecule has 4 heteroatoms. The van der Waals surface area contributed by atoms with E-state index in [1.165, 1.54) is 103 Å². The van der Waals surface area contributed by atoms with Gasteiger partial charge < -0.3 is 10.4 Å². The van der Waals surface area contributed by atoms with Crippen LogP contribution in [-0.2, 0) is 0 Å². The number of anilines is 1. The molecule has 0 aromatic heterocycles. The van der Waals surface area contributed by atoms with Crippen molar-refractivity contribution in [3.05, 3.63) is 29.8 Å². The zero-order valence-electron chi connectivity index (χ0n) is 18.3. The second kappa shape index (κ2) is 19.0. The maximum Gasteiger partial charge on any atom is 0.335 e. The van der Waals surface area contributed by atoms with Gasteiger partial charge in [-0.05, 0) is 37.1 Å². The molecule has 0 spiro atoms. The van der Waals surface area contributed by atoms with Gasteiger partial charge in [0.15, 0.2) is 0 Å². The van der Waals surface area contributed by atoms with Crippen molar-refractivity contribution >= 4 is 27.6 Å². The van der Waals surface area contributed by atoms with E-state index in [1.807, 2.05) is 12.1 Å². The van der Waals surface area contributed by atoms with Gasteiger partial charge in [0.25, 0.3) is 0 Å². The van der Waals surface area contributed by atoms with E-state index in [4.69, 9.17) is 5.11 Å². The van der Waals surface area contributed by atoms with Crippen LogP contribution in [0.1, 0.15) is 113 Å². The van der Waals surface area contributed by atoms with Crippen LogP contribution in [0.25, 0.3) is 0 Å². The lowest BCUT2D eigenvalue weighted by Crippen LogP contribution is -2.02. The Morgan fingerprint density at radius 1 is 0.655 bits per heavy atom. The summed E-state index contributed by atoms with van der Waals surface area (Å²) >= 11 is 3.49. The van der Waals surface area contributed by atoms with E-state index in [-0.39, 0.29) is 0 Å². The summed E-state index contributed by atoms with van der Waals surface area (Å²) in [7, 11) is 0. The highest BCUT2D eigenvalue weighted by molar-refractivity contribution is 9.09. The average molecular weight is 469 g/mol. The second-order valence-electron chi connectivity index (χ2n) is 8.16. The van der Waals surface area contributed by atoms with E-state index < -0.39 is 5.97 Å². The monoisotopic (exact) mass is 467 g/mol. The summed E-state index contributed by atoms with van der Waals surface area (Å²) in [6, 6.07) is 6.99. The summed E-state index contributed by atoms with van der Waals surface area (Å²) in [5.41, 5.74) is 1.34. The minimum absolute atomic E-state index is 0.340. The minimum Gasteiger partial charge on any atom is -0.478 e. The number of aromatic carboxylic acids is 1. The van der Waals surface area contributed by atoms with Crippen LogP contribution in [0.3, 0.4) is 0 Å². The fourth-order valence-corrected chi connectivity index (χ4v) is 4.05. The van der Waals surface area contributed by atoms with Gasteiger partial charge in [0, 0.05) is 17.6 Å². The lowest BCUT2D eigenvalue weighted by Gasteiger charge is -2.07. The van der Waals surface area contributed by atoms with Gasteiger partial charge in [0.05, 0.1) is 5.56 Å². The van der Waals surface area contributed by atoms with Crippen molar-refractivity contribution in [2.45, 2.75) is 103 Å². The molecule has 0 unspecified atom stereocenters. The first-order valence-electron chi connectivity index (χ1n) is 11.9. The topological polar surface area (TPSA) is 49.3 Å². The summed E-state index contributed by atoms with van der Waals surface area (Å²) in [5, 5.41) is 13.4. The quantitative estimate of drug-likeness (QED) is 0.149. The molecule has 0 saturated carbocycles. The van der Waals surface area contributed by atoms with Gasteiger partial charge >= 0.3 is 5.97 Å². The number of hydrogen-bond acceptors (Lipinski definition) is 2. The highest BCUT2D eigenvalue weighted by Crippen LogP contribution is 2.14. The molecule has 0 saturated heterocycles. The van der Waals surface area contributed by atoms with Crippen LogP contribution in [0.5, 0.6) is 0 Å². The Balaban J connectivity index is 1.77. The Morgan fingerprint density at radius 2 is 1.03 bits per heavy atom. The first-order valence-corrected chi connectivity index (χ1v) is 13.0. The van der Waals surface area contributed by atoms with E-state index >= 15 is 0 Å². The van der Waals surface area contributed by atoms with Crippen LogP contribution < -0.4 is 5.32 Å². The SMILES string of the molecule is O=C(O)c1ccc(NCCCCCCCCCCCCCCCCCCBr)cc1. The molecule has 0 aliphatic rings. The van der Waals surface area contributed by atoms with E-state index in [2.05, 4.69) is 21.2 Å². The normalized spacial score (nSPS) is 10.9. The van der Waals surface area contributed by atoms with Crippen molar-refractivity contribution in [1.82, 2.24) is 0 Å². The van der Waals surface area contributed by atoms with E-state index in [1.54, 1.807) is 12.1 Å². The number of alkyl halides is 1. The van der Waals surface area contributed by atoms with Crippen LogP contribution in [0.4, 0.5) is 5.69 Å². The highest BCUT2D eigenvalue weighted by atomic mass is 79.9. The molecule has 0 aliphatic carbocycles. The zero-order chi connectivity index (χ0) is 21.0. The van der Waals surface area contributed by atoms with Gasteiger partial charge in [-0.1, -0.05) is 106 Å². The molecule has 1 aromatic carbocycles. The van der Waals surface area contributed by atoms with Crippen LogP contribution >= 0.6 is 15.9 Å². The number of hydrogen-bond donors (Lipinski definition) is 2. The molecule has 1 rings (SSSR count). The molecule has 0 heterocycles. The summed E-state index contributed by atoms with van der Waals surface area (Å²) in [4.78, 5) is 10.8. The molecular weight excluding hydrogens is 426 g/mol. The molecule has 0 radical (unpaired) electrons. The van der Waals surface area contributed by atoms with Gasteiger partial charge in [0.2, 0.25) is 0 Å². The van der Waals surface area contributed by atoms with Crippen molar-refractivity contribution in [2.24, 2.45) is 0 Å². The van der Waals surface area contributed by atoms with Gasteiger partial charge in [-0.15, -0.1) is 0 Å². The van der Waals surface area contributed by atoms with Crippen molar-refractivity contribution in [2.75, 3.05) is 17.2 Å². The Hall–Kier alpha value is -1.03. The second-order valence-corrected chi connectivity index (χ2v) is 8.95. The third-order valence-electron chi connectivity index (χ3n) is 5.52. The Kier molecular flexibility index (Phi) is 17.0. The summed E-state index contributed by atoms with van der Waals surface area (Å²) in [6.45, 7) is 0.961. The third-order valence-corrected chi connectivity index (χ3v) is 6.08. The number of rotatable bonds is 20. The lowest BCUT2D eigenvalue weighted by molar-refractivity contribution is 0.0697. The number of nitrogens with one attached hydrogen (secondary N) is 1. The van der Waals surface area contributed by atoms with Crippen LogP contribution in [0.2, 0.25) is 0 Å². The smallest absolute Gasteiger partial charge is 0.335 e. The first-order chi connectivity index (χ1) is 14.2. The van der Waals surface area contributed by atoms with E-state index in [0.29, 0.717) is 5.56 Å². The lowest BCUT2D eigenvalue weighted by atomic mass is 10.0. The third kappa shape index (κ3) is 15.5. The maximum atomic E-state index is 10.8. The highest BCUT2D eigenvalue weighted by Gasteiger charge is 2.01. The number of unbranched alkanes of at least 4 members (excludes halogenated alkanes) is 15. The molecule has 29 heavy (non-hydrogen) atoms. The minimum atomic E-state index is -0.872. The van der Waals surface area contributed by atoms with Crippen molar-refractivity contribution in [3.8, 4) is 0 Å². The standard InChI is InChI=1S/C25H42BrNO2/c26-21-15-13-11-9-7-5-3-1-2-4-6-8-10-12-14-16-22-27-24-19-17-23(18-20-24)25(28)29/h17-20,27H,1-16,21-22H2,(H,28,29). The fourth-order valence-electron chi connectivity index (χ4n) is 3.66. The number of carboxylic acid groups (broad SMARTS) is 1. The van der Waals surface area contributed by atoms with Crippen LogP contribution in [0, 0.1) is 0 Å². The first kappa shape index (κ1) is 26.0. The van der Waals surface area contributed by atoms with Gasteiger partial charge in [-0.25, -0.2) is 4.79 Å². The number of carboxylic acids is 1. The molecule has 0 fully saturated rings. The van der Waals surface area contributed by atoms with E-state index in [0.717, 1.165) is 17.6 Å². The van der Waals surface area contributed by atoms with Crippen molar-refractivity contribution in [3.63, 3.8) is 0 Å². The predicted octanol–water partition coefficient (Wildman–Crippen LogP) is 8.43. The molecule has 0 bridgehead atoms. The molecule has 0 atom stereocenters. The number of carbonyl (C=O) groups is 1. The Labute approximate surface area is 187 Å². The maximum absolute atomic E-state index is 10.8. The van der Waals surface area contributed by atoms with E-state index in [9.17, 15) is 4.79 Å². The van der Waals surface area contributed by atoms with Gasteiger partial charge in [-0.2, -0.15) is 0 Å². The summed E-state index contributed by atoms with van der Waals surface area (Å²) in [6.07, 6.45) is 22.1. The Bertz CT molecular complexity index is 504. The molecule has 0 aliphatic heterocycles. The molecular formula is C25H42BrNO2. The molecule has 1 aromatic rings. The van der Waals surface area contributed by atoms with Crippen LogP contribution in [0.15, 0.2) is 24.3 Å². The Morgan fingerprint density at radius 3 is 1.41 bits per heavy atom. The molecule has 0 amide bonds.